The van der Waals surface area contributed by atoms with Crippen LogP contribution in [0.25, 0.3) is 6.08 Å². The number of rotatable bonds is 8. The highest BCUT2D eigenvalue weighted by Crippen LogP contribution is 2.38. The molecule has 0 saturated carbocycles. The van der Waals surface area contributed by atoms with Gasteiger partial charge in [-0.15, -0.1) is 0 Å². The monoisotopic (exact) mass is 572 g/mol. The first-order valence-corrected chi connectivity index (χ1v) is 12.3. The Kier molecular flexibility index (Phi) is 9.22. The lowest BCUT2D eigenvalue weighted by molar-refractivity contribution is -0.112. The van der Waals surface area contributed by atoms with Gasteiger partial charge in [-0.05, 0) is 95.4 Å². The van der Waals surface area contributed by atoms with Crippen molar-refractivity contribution in [1.82, 2.24) is 0 Å². The number of anilines is 1. The van der Waals surface area contributed by atoms with Crippen molar-refractivity contribution in [3.05, 3.63) is 90.9 Å². The normalized spacial score (nSPS) is 11.1. The highest BCUT2D eigenvalue weighted by atomic mass is 79.9. The molecule has 0 radical (unpaired) electrons. The molecule has 0 atom stereocenters. The van der Waals surface area contributed by atoms with E-state index in [0.29, 0.717) is 43.9 Å². The van der Waals surface area contributed by atoms with Gasteiger partial charge in [0.15, 0.2) is 11.5 Å². The summed E-state index contributed by atoms with van der Waals surface area (Å²) in [4.78, 5) is 12.8. The zero-order valence-corrected chi connectivity index (χ0v) is 22.5. The van der Waals surface area contributed by atoms with Gasteiger partial charge in [0.1, 0.15) is 18.2 Å². The summed E-state index contributed by atoms with van der Waals surface area (Å²) in [5, 5.41) is 13.4. The van der Waals surface area contributed by atoms with Crippen LogP contribution in [0.5, 0.6) is 11.5 Å². The number of nitrogens with one attached hydrogen (secondary N) is 1. The molecule has 0 aromatic heterocycles. The molecule has 0 unspecified atom stereocenters. The molecule has 1 amide bonds. The van der Waals surface area contributed by atoms with Gasteiger partial charge >= 0.3 is 0 Å². The van der Waals surface area contributed by atoms with Crippen molar-refractivity contribution < 1.29 is 14.3 Å². The molecule has 0 heterocycles. The van der Waals surface area contributed by atoms with E-state index in [1.54, 1.807) is 24.3 Å². The predicted octanol–water partition coefficient (Wildman–Crippen LogP) is 7.90. The number of amides is 1. The van der Waals surface area contributed by atoms with Gasteiger partial charge in [-0.3, -0.25) is 4.79 Å². The fourth-order valence-electron chi connectivity index (χ4n) is 3.23. The first-order chi connectivity index (χ1) is 16.7. The topological polar surface area (TPSA) is 71.3 Å². The fourth-order valence-corrected chi connectivity index (χ4v) is 4.13. The molecule has 3 rings (SSSR count). The summed E-state index contributed by atoms with van der Waals surface area (Å²) in [6, 6.07) is 16.5. The number of nitrogens with zero attached hydrogens (tertiary/aromatic N) is 1. The number of hydrogen-bond donors (Lipinski definition) is 1. The molecule has 0 fully saturated rings. The Morgan fingerprint density at radius 2 is 1.86 bits per heavy atom. The van der Waals surface area contributed by atoms with E-state index in [2.05, 4.69) is 21.2 Å². The first-order valence-electron chi connectivity index (χ1n) is 10.7. The lowest BCUT2D eigenvalue weighted by Crippen LogP contribution is -2.14. The van der Waals surface area contributed by atoms with E-state index in [4.69, 9.17) is 32.7 Å². The van der Waals surface area contributed by atoms with Crippen LogP contribution in [0.2, 0.25) is 10.0 Å². The molecular weight excluding hydrogens is 551 g/mol. The molecule has 180 valence electrons. The quantitative estimate of drug-likeness (QED) is 0.219. The molecule has 0 saturated heterocycles. The summed E-state index contributed by atoms with van der Waals surface area (Å²) >= 11 is 15.6. The van der Waals surface area contributed by atoms with Gasteiger partial charge in [-0.25, -0.2) is 0 Å². The van der Waals surface area contributed by atoms with Crippen LogP contribution in [-0.4, -0.2) is 12.5 Å². The zero-order chi connectivity index (χ0) is 25.5. The summed E-state index contributed by atoms with van der Waals surface area (Å²) in [5.41, 5.74) is 3.99. The number of benzene rings is 3. The average Bonchev–Trinajstić information content (AvgIpc) is 2.81. The number of halogens is 3. The van der Waals surface area contributed by atoms with Crippen LogP contribution in [0, 0.1) is 25.2 Å². The molecule has 0 aliphatic carbocycles. The van der Waals surface area contributed by atoms with Gasteiger partial charge < -0.3 is 14.8 Å². The van der Waals surface area contributed by atoms with E-state index < -0.39 is 5.91 Å². The minimum atomic E-state index is -0.491. The van der Waals surface area contributed by atoms with Gasteiger partial charge in [-0.1, -0.05) is 41.4 Å². The van der Waals surface area contributed by atoms with Crippen LogP contribution in [0.1, 0.15) is 29.2 Å². The average molecular weight is 574 g/mol. The Bertz CT molecular complexity index is 1330. The second kappa shape index (κ2) is 12.1. The molecule has 0 spiro atoms. The minimum Gasteiger partial charge on any atom is -0.490 e. The van der Waals surface area contributed by atoms with Crippen molar-refractivity contribution in [2.24, 2.45) is 0 Å². The van der Waals surface area contributed by atoms with Crippen LogP contribution in [0.4, 0.5) is 5.69 Å². The van der Waals surface area contributed by atoms with Gasteiger partial charge in [0.2, 0.25) is 0 Å². The summed E-state index contributed by atoms with van der Waals surface area (Å²) in [7, 11) is 0. The summed E-state index contributed by atoms with van der Waals surface area (Å²) in [6.07, 6.45) is 1.51. The van der Waals surface area contributed by atoms with Gasteiger partial charge in [0.05, 0.1) is 21.1 Å². The van der Waals surface area contributed by atoms with Gasteiger partial charge in [-0.2, -0.15) is 5.26 Å². The van der Waals surface area contributed by atoms with Crippen molar-refractivity contribution in [2.45, 2.75) is 27.4 Å². The van der Waals surface area contributed by atoms with Crippen LogP contribution >= 0.6 is 39.1 Å². The van der Waals surface area contributed by atoms with E-state index in [9.17, 15) is 10.1 Å². The highest BCUT2D eigenvalue weighted by Gasteiger charge is 2.15. The molecule has 3 aromatic rings. The molecule has 8 heteroatoms. The molecule has 0 bridgehead atoms. The third-order valence-corrected chi connectivity index (χ3v) is 6.34. The third kappa shape index (κ3) is 7.02. The molecule has 3 aromatic carbocycles. The number of carbonyl (C=O) groups is 1. The van der Waals surface area contributed by atoms with Crippen molar-refractivity contribution >= 4 is 56.8 Å². The van der Waals surface area contributed by atoms with Gasteiger partial charge in [0.25, 0.3) is 5.91 Å². The van der Waals surface area contributed by atoms with Crippen LogP contribution < -0.4 is 14.8 Å². The minimum absolute atomic E-state index is 0.0373. The molecule has 5 nitrogen and oxygen atoms in total. The van der Waals surface area contributed by atoms with E-state index in [0.717, 1.165) is 16.7 Å². The number of nitriles is 1. The molecule has 0 aliphatic heterocycles. The zero-order valence-electron chi connectivity index (χ0n) is 19.4. The van der Waals surface area contributed by atoms with E-state index in [-0.39, 0.29) is 12.2 Å². The van der Waals surface area contributed by atoms with Crippen molar-refractivity contribution in [2.75, 3.05) is 11.9 Å². The largest absolute Gasteiger partial charge is 0.490 e. The predicted molar refractivity (Wildman–Crippen MR) is 144 cm³/mol. The Balaban J connectivity index is 1.86. The van der Waals surface area contributed by atoms with Crippen molar-refractivity contribution in [1.29, 1.82) is 5.26 Å². The molecular formula is C27H23BrCl2N2O3. The maximum Gasteiger partial charge on any atom is 0.266 e. The molecule has 35 heavy (non-hydrogen) atoms. The third-order valence-electron chi connectivity index (χ3n) is 5.02. The Morgan fingerprint density at radius 1 is 1.09 bits per heavy atom. The van der Waals surface area contributed by atoms with Crippen molar-refractivity contribution in [3.8, 4) is 17.6 Å². The lowest BCUT2D eigenvalue weighted by atomic mass is 10.1. The maximum absolute atomic E-state index is 12.8. The number of ether oxygens (including phenoxy) is 2. The number of hydrogen-bond acceptors (Lipinski definition) is 4. The smallest absolute Gasteiger partial charge is 0.266 e. The number of aryl methyl sites for hydroxylation is 2. The van der Waals surface area contributed by atoms with E-state index >= 15 is 0 Å². The second-order valence-corrected chi connectivity index (χ2v) is 9.41. The SMILES string of the molecule is CCOc1cc(/C=C(\C#N)C(=O)Nc2cc(C)ccc2C)cc(Br)c1OCc1ccc(Cl)c(Cl)c1. The Morgan fingerprint density at radius 3 is 2.54 bits per heavy atom. The van der Waals surface area contributed by atoms with Crippen LogP contribution in [0.3, 0.4) is 0 Å². The molecule has 1 N–H and O–H groups in total. The second-order valence-electron chi connectivity index (χ2n) is 7.74. The summed E-state index contributed by atoms with van der Waals surface area (Å²) in [6.45, 7) is 6.34. The van der Waals surface area contributed by atoms with Crippen LogP contribution in [0.15, 0.2) is 58.6 Å². The van der Waals surface area contributed by atoms with E-state index in [1.807, 2.05) is 51.1 Å². The Labute approximate surface area is 223 Å². The van der Waals surface area contributed by atoms with E-state index in [1.165, 1.54) is 6.08 Å². The lowest BCUT2D eigenvalue weighted by Gasteiger charge is -2.15. The fraction of sp³-hybridized carbons (Fsp3) is 0.185. The Hall–Kier alpha value is -2.98. The van der Waals surface area contributed by atoms with Crippen LogP contribution in [-0.2, 0) is 11.4 Å². The van der Waals surface area contributed by atoms with Gasteiger partial charge in [0, 0.05) is 5.69 Å². The van der Waals surface area contributed by atoms with Crippen molar-refractivity contribution in [3.63, 3.8) is 0 Å². The number of carbonyl (C=O) groups excluding carboxylic acids is 1. The first kappa shape index (κ1) is 26.6. The molecule has 0 aliphatic rings. The maximum atomic E-state index is 12.8. The standard InChI is InChI=1S/C27H23BrCl2N2O3/c1-4-34-25-13-19(10-20(14-31)27(33)32-24-9-16(2)5-6-17(24)3)11-21(28)26(25)35-15-18-7-8-22(29)23(30)12-18/h5-13H,4,15H2,1-3H3,(H,32,33)/b20-10+. The summed E-state index contributed by atoms with van der Waals surface area (Å²) in [5.74, 6) is 0.476. The highest BCUT2D eigenvalue weighted by molar-refractivity contribution is 9.10. The summed E-state index contributed by atoms with van der Waals surface area (Å²) < 4.78 is 12.4.